The number of carbonyl (C=O) groups is 2. The molecule has 1 aromatic heterocycles. The van der Waals surface area contributed by atoms with E-state index in [1.165, 1.54) is 0 Å². The fourth-order valence-corrected chi connectivity index (χ4v) is 3.15. The van der Waals surface area contributed by atoms with E-state index in [1.807, 2.05) is 63.2 Å². The molecule has 2 aromatic rings. The molecule has 0 spiro atoms. The van der Waals surface area contributed by atoms with E-state index in [0.29, 0.717) is 32.0 Å². The van der Waals surface area contributed by atoms with Crippen molar-refractivity contribution in [1.82, 2.24) is 9.80 Å². The van der Waals surface area contributed by atoms with Gasteiger partial charge in [-0.25, -0.2) is 0 Å². The number of nitrogens with zero attached hydrogens (tertiary/aromatic N) is 2. The fourth-order valence-electron chi connectivity index (χ4n) is 3.15. The van der Waals surface area contributed by atoms with Crippen molar-refractivity contribution in [3.63, 3.8) is 0 Å². The van der Waals surface area contributed by atoms with Gasteiger partial charge >= 0.3 is 0 Å². The molecule has 5 nitrogen and oxygen atoms in total. The summed E-state index contributed by atoms with van der Waals surface area (Å²) in [7, 11) is 0. The molecule has 2 rings (SSSR count). The molecular formula is C24H34N2O3. The monoisotopic (exact) mass is 398 g/mol. The van der Waals surface area contributed by atoms with Crippen LogP contribution in [0.25, 0.3) is 0 Å². The van der Waals surface area contributed by atoms with E-state index >= 15 is 0 Å². The van der Waals surface area contributed by atoms with E-state index in [0.717, 1.165) is 11.3 Å². The van der Waals surface area contributed by atoms with Gasteiger partial charge in [0.2, 0.25) is 11.8 Å². The lowest BCUT2D eigenvalue weighted by Gasteiger charge is -2.30. The Bertz CT molecular complexity index is 761. The van der Waals surface area contributed by atoms with E-state index in [-0.39, 0.29) is 23.8 Å². The molecule has 1 aromatic carbocycles. The summed E-state index contributed by atoms with van der Waals surface area (Å²) in [5, 5.41) is 0. The molecule has 0 aliphatic rings. The summed E-state index contributed by atoms with van der Waals surface area (Å²) >= 11 is 0. The maximum absolute atomic E-state index is 13.2. The zero-order valence-corrected chi connectivity index (χ0v) is 18.4. The van der Waals surface area contributed by atoms with Crippen LogP contribution < -0.4 is 0 Å². The molecule has 2 amide bonds. The highest BCUT2D eigenvalue weighted by Crippen LogP contribution is 2.21. The third-order valence-corrected chi connectivity index (χ3v) is 4.44. The average Bonchev–Trinajstić information content (AvgIpc) is 3.12. The van der Waals surface area contributed by atoms with Crippen LogP contribution in [0.4, 0.5) is 0 Å². The van der Waals surface area contributed by atoms with E-state index in [2.05, 4.69) is 13.8 Å². The first-order valence-corrected chi connectivity index (χ1v) is 10.3. The number of hydrogen-bond donors (Lipinski definition) is 0. The standard InChI is InChI=1S/C24H34N2O3/c1-19(2)15-25(22(27)14-24(3,4)5)18-23(28)26(17-21-12-9-13-29-21)16-20-10-7-6-8-11-20/h6-13,19H,14-18H2,1-5H3. The van der Waals surface area contributed by atoms with Gasteiger partial charge in [0.1, 0.15) is 5.76 Å². The third-order valence-electron chi connectivity index (χ3n) is 4.44. The predicted molar refractivity (Wildman–Crippen MR) is 115 cm³/mol. The fraction of sp³-hybridized carbons (Fsp3) is 0.500. The Morgan fingerprint density at radius 3 is 2.17 bits per heavy atom. The molecule has 0 bridgehead atoms. The number of furan rings is 1. The van der Waals surface area contributed by atoms with Crippen LogP contribution in [0.1, 0.15) is 52.4 Å². The number of amides is 2. The van der Waals surface area contributed by atoms with Crippen LogP contribution in [-0.2, 0) is 22.7 Å². The van der Waals surface area contributed by atoms with Gasteiger partial charge in [-0.05, 0) is 29.0 Å². The molecule has 0 N–H and O–H groups in total. The van der Waals surface area contributed by atoms with Crippen LogP contribution in [0.3, 0.4) is 0 Å². The highest BCUT2D eigenvalue weighted by Gasteiger charge is 2.26. The molecule has 0 saturated carbocycles. The Balaban J connectivity index is 2.16. The van der Waals surface area contributed by atoms with Crippen molar-refractivity contribution >= 4 is 11.8 Å². The Morgan fingerprint density at radius 2 is 1.62 bits per heavy atom. The molecule has 5 heteroatoms. The topological polar surface area (TPSA) is 53.8 Å². The first kappa shape index (κ1) is 22.7. The highest BCUT2D eigenvalue weighted by molar-refractivity contribution is 5.85. The van der Waals surface area contributed by atoms with Gasteiger partial charge in [-0.3, -0.25) is 9.59 Å². The summed E-state index contributed by atoms with van der Waals surface area (Å²) in [6.45, 7) is 11.8. The van der Waals surface area contributed by atoms with Crippen LogP contribution in [0.5, 0.6) is 0 Å². The van der Waals surface area contributed by atoms with E-state index in [4.69, 9.17) is 4.42 Å². The molecule has 0 fully saturated rings. The molecule has 0 radical (unpaired) electrons. The van der Waals surface area contributed by atoms with Gasteiger partial charge in [0.15, 0.2) is 0 Å². The van der Waals surface area contributed by atoms with Crippen LogP contribution in [0.15, 0.2) is 53.1 Å². The molecule has 29 heavy (non-hydrogen) atoms. The highest BCUT2D eigenvalue weighted by atomic mass is 16.3. The van der Waals surface area contributed by atoms with Crippen molar-refractivity contribution in [2.45, 2.75) is 54.1 Å². The Hall–Kier alpha value is -2.56. The zero-order chi connectivity index (χ0) is 21.4. The minimum atomic E-state index is -0.118. The summed E-state index contributed by atoms with van der Waals surface area (Å²) < 4.78 is 5.46. The van der Waals surface area contributed by atoms with Crippen molar-refractivity contribution in [2.75, 3.05) is 13.1 Å². The van der Waals surface area contributed by atoms with Crippen molar-refractivity contribution < 1.29 is 14.0 Å². The van der Waals surface area contributed by atoms with E-state index in [1.54, 1.807) is 16.1 Å². The van der Waals surface area contributed by atoms with E-state index < -0.39 is 0 Å². The quantitative estimate of drug-likeness (QED) is 0.614. The van der Waals surface area contributed by atoms with Crippen molar-refractivity contribution in [1.29, 1.82) is 0 Å². The molecule has 0 aliphatic carbocycles. The summed E-state index contributed by atoms with van der Waals surface area (Å²) in [5.74, 6) is 0.968. The normalized spacial score (nSPS) is 11.5. The van der Waals surface area contributed by atoms with Crippen LogP contribution >= 0.6 is 0 Å². The molecule has 158 valence electrons. The molecule has 0 unspecified atom stereocenters. The minimum Gasteiger partial charge on any atom is -0.467 e. The van der Waals surface area contributed by atoms with E-state index in [9.17, 15) is 9.59 Å². The van der Waals surface area contributed by atoms with Gasteiger partial charge < -0.3 is 14.2 Å². The first-order chi connectivity index (χ1) is 13.6. The third kappa shape index (κ3) is 8.14. The Morgan fingerprint density at radius 1 is 0.931 bits per heavy atom. The van der Waals surface area contributed by atoms with Gasteiger partial charge in [-0.15, -0.1) is 0 Å². The molecular weight excluding hydrogens is 364 g/mol. The number of carbonyl (C=O) groups excluding carboxylic acids is 2. The average molecular weight is 399 g/mol. The summed E-state index contributed by atoms with van der Waals surface area (Å²) in [6, 6.07) is 13.6. The second-order valence-corrected chi connectivity index (χ2v) is 9.22. The summed E-state index contributed by atoms with van der Waals surface area (Å²) in [5.41, 5.74) is 0.927. The van der Waals surface area contributed by atoms with Crippen molar-refractivity contribution in [3.05, 3.63) is 60.1 Å². The lowest BCUT2D eigenvalue weighted by molar-refractivity contribution is -0.142. The molecule has 1 heterocycles. The lowest BCUT2D eigenvalue weighted by atomic mass is 9.91. The Labute approximate surface area is 174 Å². The molecule has 0 aliphatic heterocycles. The van der Waals surface area contributed by atoms with Crippen molar-refractivity contribution in [3.8, 4) is 0 Å². The summed E-state index contributed by atoms with van der Waals surface area (Å²) in [4.78, 5) is 29.6. The SMILES string of the molecule is CC(C)CN(CC(=O)N(Cc1ccccc1)Cc1ccco1)C(=O)CC(C)(C)C. The number of benzene rings is 1. The lowest BCUT2D eigenvalue weighted by Crippen LogP contribution is -2.44. The van der Waals surface area contributed by atoms with Crippen LogP contribution in [0, 0.1) is 11.3 Å². The second-order valence-electron chi connectivity index (χ2n) is 9.22. The first-order valence-electron chi connectivity index (χ1n) is 10.3. The van der Waals surface area contributed by atoms with Crippen LogP contribution in [-0.4, -0.2) is 34.7 Å². The number of rotatable bonds is 9. The largest absolute Gasteiger partial charge is 0.467 e. The van der Waals surface area contributed by atoms with Crippen molar-refractivity contribution in [2.24, 2.45) is 11.3 Å². The van der Waals surface area contributed by atoms with Gasteiger partial charge in [0.25, 0.3) is 0 Å². The summed E-state index contributed by atoms with van der Waals surface area (Å²) in [6.07, 6.45) is 2.03. The van der Waals surface area contributed by atoms with Crippen LogP contribution in [0.2, 0.25) is 0 Å². The zero-order valence-electron chi connectivity index (χ0n) is 18.4. The molecule has 0 saturated heterocycles. The van der Waals surface area contributed by atoms with Gasteiger partial charge in [0.05, 0.1) is 19.4 Å². The predicted octanol–water partition coefficient (Wildman–Crippen LogP) is 4.73. The maximum Gasteiger partial charge on any atom is 0.242 e. The second kappa shape index (κ2) is 10.3. The number of hydrogen-bond acceptors (Lipinski definition) is 3. The minimum absolute atomic E-state index is 0.0252. The molecule has 0 atom stereocenters. The maximum atomic E-state index is 13.2. The Kier molecular flexibility index (Phi) is 8.06. The smallest absolute Gasteiger partial charge is 0.242 e. The van der Waals surface area contributed by atoms with Gasteiger partial charge in [-0.2, -0.15) is 0 Å². The van der Waals surface area contributed by atoms with Gasteiger partial charge in [0, 0.05) is 19.5 Å². The van der Waals surface area contributed by atoms with Gasteiger partial charge in [-0.1, -0.05) is 65.0 Å².